The Bertz CT molecular complexity index is 493. The van der Waals surface area contributed by atoms with Crippen molar-refractivity contribution < 1.29 is 13.2 Å². The molecule has 0 aromatic heterocycles. The molecule has 0 bridgehead atoms. The number of ether oxygens (including phenoxy) is 1. The molecular formula is C13H19NO3S. The highest BCUT2D eigenvalue weighted by atomic mass is 32.2. The van der Waals surface area contributed by atoms with Crippen molar-refractivity contribution in [1.29, 1.82) is 0 Å². The molecule has 1 fully saturated rings. The van der Waals surface area contributed by atoms with Gasteiger partial charge in [0.2, 0.25) is 0 Å². The summed E-state index contributed by atoms with van der Waals surface area (Å²) in [5, 5.41) is 0. The molecule has 1 aromatic rings. The minimum Gasteiger partial charge on any atom is -0.377 e. The van der Waals surface area contributed by atoms with Gasteiger partial charge in [0.1, 0.15) is 0 Å². The summed E-state index contributed by atoms with van der Waals surface area (Å²) >= 11 is 0. The lowest BCUT2D eigenvalue weighted by atomic mass is 10.1. The van der Waals surface area contributed by atoms with Crippen LogP contribution in [0.2, 0.25) is 0 Å². The Morgan fingerprint density at radius 3 is 2.78 bits per heavy atom. The van der Waals surface area contributed by atoms with E-state index in [9.17, 15) is 8.42 Å². The zero-order valence-electron chi connectivity index (χ0n) is 10.3. The van der Waals surface area contributed by atoms with Crippen molar-refractivity contribution in [3.63, 3.8) is 0 Å². The van der Waals surface area contributed by atoms with Crippen molar-refractivity contribution in [2.45, 2.75) is 31.2 Å². The van der Waals surface area contributed by atoms with Crippen LogP contribution < -0.4 is 5.73 Å². The summed E-state index contributed by atoms with van der Waals surface area (Å²) in [6, 6.07) is 7.43. The van der Waals surface area contributed by atoms with Gasteiger partial charge in [0.05, 0.1) is 17.6 Å². The first-order valence-electron chi connectivity index (χ1n) is 6.19. The van der Waals surface area contributed by atoms with Gasteiger partial charge in [-0.3, -0.25) is 0 Å². The Hall–Kier alpha value is -0.910. The zero-order chi connectivity index (χ0) is 13.0. The van der Waals surface area contributed by atoms with Crippen molar-refractivity contribution in [2.75, 3.05) is 12.4 Å². The summed E-state index contributed by atoms with van der Waals surface area (Å²) in [7, 11) is -3.11. The van der Waals surface area contributed by atoms with Gasteiger partial charge in [0.25, 0.3) is 0 Å². The summed E-state index contributed by atoms with van der Waals surface area (Å²) in [6.07, 6.45) is 1.69. The fourth-order valence-corrected chi connectivity index (χ4v) is 3.85. The van der Waals surface area contributed by atoms with Gasteiger partial charge in [-0.05, 0) is 24.0 Å². The van der Waals surface area contributed by atoms with Crippen LogP contribution >= 0.6 is 0 Å². The highest BCUT2D eigenvalue weighted by Gasteiger charge is 2.23. The predicted octanol–water partition coefficient (Wildman–Crippen LogP) is 1.24. The van der Waals surface area contributed by atoms with Crippen LogP contribution in [0.25, 0.3) is 0 Å². The average molecular weight is 269 g/mol. The number of rotatable bonds is 5. The smallest absolute Gasteiger partial charge is 0.156 e. The number of sulfone groups is 1. The minimum atomic E-state index is -3.11. The Morgan fingerprint density at radius 2 is 2.11 bits per heavy atom. The molecule has 1 heterocycles. The maximum Gasteiger partial charge on any atom is 0.156 e. The van der Waals surface area contributed by atoms with Crippen LogP contribution in [0, 0.1) is 0 Å². The molecular weight excluding hydrogens is 250 g/mol. The third kappa shape index (κ3) is 3.80. The molecule has 1 unspecified atom stereocenters. The van der Waals surface area contributed by atoms with Crippen LogP contribution in [0.1, 0.15) is 24.0 Å². The molecule has 18 heavy (non-hydrogen) atoms. The van der Waals surface area contributed by atoms with Gasteiger partial charge in [0.15, 0.2) is 9.84 Å². The second kappa shape index (κ2) is 5.82. The maximum atomic E-state index is 12.0. The lowest BCUT2D eigenvalue weighted by Gasteiger charge is -2.10. The van der Waals surface area contributed by atoms with E-state index in [1.807, 2.05) is 24.3 Å². The van der Waals surface area contributed by atoms with Gasteiger partial charge in [-0.15, -0.1) is 0 Å². The normalized spacial score (nSPS) is 20.2. The van der Waals surface area contributed by atoms with E-state index >= 15 is 0 Å². The van der Waals surface area contributed by atoms with E-state index in [0.717, 1.165) is 24.0 Å². The summed E-state index contributed by atoms with van der Waals surface area (Å²) in [5.41, 5.74) is 7.31. The number of hydrogen-bond acceptors (Lipinski definition) is 4. The number of hydrogen-bond donors (Lipinski definition) is 1. The lowest BCUT2D eigenvalue weighted by molar-refractivity contribution is 0.127. The second-order valence-corrected chi connectivity index (χ2v) is 6.82. The molecule has 0 spiro atoms. The molecule has 1 atom stereocenters. The van der Waals surface area contributed by atoms with Crippen LogP contribution in [-0.4, -0.2) is 26.9 Å². The number of benzene rings is 1. The molecule has 5 heteroatoms. The predicted molar refractivity (Wildman–Crippen MR) is 70.8 cm³/mol. The molecule has 1 aliphatic heterocycles. The van der Waals surface area contributed by atoms with Gasteiger partial charge in [-0.25, -0.2) is 8.42 Å². The first kappa shape index (κ1) is 13.5. The molecule has 0 saturated carbocycles. The summed E-state index contributed by atoms with van der Waals surface area (Å²) in [4.78, 5) is 0. The van der Waals surface area contributed by atoms with Crippen molar-refractivity contribution in [3.05, 3.63) is 35.4 Å². The fourth-order valence-electron chi connectivity index (χ4n) is 2.22. The minimum absolute atomic E-state index is 0.0701. The van der Waals surface area contributed by atoms with Gasteiger partial charge in [-0.1, -0.05) is 24.3 Å². The van der Waals surface area contributed by atoms with Crippen LogP contribution in [0.4, 0.5) is 0 Å². The molecule has 4 nitrogen and oxygen atoms in total. The molecule has 2 rings (SSSR count). The molecule has 1 aromatic carbocycles. The largest absolute Gasteiger partial charge is 0.377 e. The monoisotopic (exact) mass is 269 g/mol. The van der Waals surface area contributed by atoms with E-state index in [2.05, 4.69) is 0 Å². The van der Waals surface area contributed by atoms with E-state index in [0.29, 0.717) is 13.2 Å². The summed E-state index contributed by atoms with van der Waals surface area (Å²) in [6.45, 7) is 1.11. The highest BCUT2D eigenvalue weighted by molar-refractivity contribution is 7.90. The Kier molecular flexibility index (Phi) is 4.37. The average Bonchev–Trinajstić information content (AvgIpc) is 2.80. The lowest BCUT2D eigenvalue weighted by Crippen LogP contribution is -2.21. The standard InChI is InChI=1S/C13H19NO3S/c14-8-11-3-1-4-12(7-11)9-18(15,16)10-13-5-2-6-17-13/h1,3-4,7,13H,2,5-6,8-10,14H2. The van der Waals surface area contributed by atoms with Gasteiger partial charge < -0.3 is 10.5 Å². The molecule has 1 aliphatic rings. The van der Waals surface area contributed by atoms with Gasteiger partial charge in [-0.2, -0.15) is 0 Å². The van der Waals surface area contributed by atoms with Crippen molar-refractivity contribution in [2.24, 2.45) is 5.73 Å². The Morgan fingerprint density at radius 1 is 1.33 bits per heavy atom. The summed E-state index contributed by atoms with van der Waals surface area (Å²) < 4.78 is 29.5. The van der Waals surface area contributed by atoms with E-state index in [1.165, 1.54) is 0 Å². The van der Waals surface area contributed by atoms with E-state index in [1.54, 1.807) is 0 Å². The Balaban J connectivity index is 2.02. The molecule has 0 amide bonds. The van der Waals surface area contributed by atoms with E-state index < -0.39 is 9.84 Å². The maximum absolute atomic E-state index is 12.0. The van der Waals surface area contributed by atoms with Gasteiger partial charge >= 0.3 is 0 Å². The third-order valence-corrected chi connectivity index (χ3v) is 4.73. The SMILES string of the molecule is NCc1cccc(CS(=O)(=O)CC2CCCO2)c1. The van der Waals surface area contributed by atoms with Crippen LogP contribution in [0.3, 0.4) is 0 Å². The van der Waals surface area contributed by atoms with Crippen molar-refractivity contribution >= 4 is 9.84 Å². The van der Waals surface area contributed by atoms with Crippen LogP contribution in [0.15, 0.2) is 24.3 Å². The number of nitrogens with two attached hydrogens (primary N) is 1. The molecule has 2 N–H and O–H groups in total. The second-order valence-electron chi connectivity index (χ2n) is 4.71. The first-order chi connectivity index (χ1) is 8.59. The first-order valence-corrected chi connectivity index (χ1v) is 8.01. The topological polar surface area (TPSA) is 69.4 Å². The zero-order valence-corrected chi connectivity index (χ0v) is 11.2. The highest BCUT2D eigenvalue weighted by Crippen LogP contribution is 2.17. The van der Waals surface area contributed by atoms with E-state index in [4.69, 9.17) is 10.5 Å². The van der Waals surface area contributed by atoms with Crippen molar-refractivity contribution in [1.82, 2.24) is 0 Å². The molecule has 1 saturated heterocycles. The van der Waals surface area contributed by atoms with E-state index in [-0.39, 0.29) is 17.6 Å². The quantitative estimate of drug-likeness (QED) is 0.873. The van der Waals surface area contributed by atoms with Crippen molar-refractivity contribution in [3.8, 4) is 0 Å². The summed E-state index contributed by atoms with van der Waals surface area (Å²) in [5.74, 6) is 0.195. The van der Waals surface area contributed by atoms with Gasteiger partial charge in [0, 0.05) is 13.2 Å². The third-order valence-electron chi connectivity index (χ3n) is 3.08. The molecule has 0 aliphatic carbocycles. The van der Waals surface area contributed by atoms with Crippen LogP contribution in [-0.2, 0) is 26.9 Å². The van der Waals surface area contributed by atoms with Crippen LogP contribution in [0.5, 0.6) is 0 Å². The molecule has 100 valence electrons. The Labute approximate surface area is 108 Å². The molecule has 0 radical (unpaired) electrons. The fraction of sp³-hybridized carbons (Fsp3) is 0.538.